The number of likely N-dealkylation sites (tertiary alicyclic amines) is 1. The van der Waals surface area contributed by atoms with E-state index in [1.165, 1.54) is 12.6 Å². The van der Waals surface area contributed by atoms with E-state index in [1.807, 2.05) is 29.2 Å². The molecule has 0 saturated carbocycles. The number of nitrogens with one attached hydrogen (secondary N) is 3. The number of H-pyrrole nitrogens is 1. The molecule has 3 N–H and O–H groups in total. The van der Waals surface area contributed by atoms with Crippen LogP contribution in [0.1, 0.15) is 47.3 Å². The van der Waals surface area contributed by atoms with Gasteiger partial charge in [-0.25, -0.2) is 18.4 Å². The molecule has 196 valence electrons. The summed E-state index contributed by atoms with van der Waals surface area (Å²) in [5, 5.41) is 7.12. The van der Waals surface area contributed by atoms with Crippen molar-refractivity contribution in [2.45, 2.75) is 38.5 Å². The number of rotatable bonds is 8. The lowest BCUT2D eigenvalue weighted by Gasteiger charge is -2.22. The number of carbonyl (C=O) groups excluding carboxylic acids is 2. The van der Waals surface area contributed by atoms with Crippen LogP contribution >= 0.6 is 0 Å². The molecule has 37 heavy (non-hydrogen) atoms. The minimum absolute atomic E-state index is 0.0573. The SMILES string of the molecule is CS(=O)(=O)CCCNC(=O)C1CCc2[nH]c3ncnc(Nc4ccc(C(=O)N5CCCC5)cc4)c3c2C1. The minimum atomic E-state index is -3.04. The van der Waals surface area contributed by atoms with Gasteiger partial charge in [-0.15, -0.1) is 0 Å². The molecular formula is C26H32N6O4S. The standard InChI is InChI=1S/C26H32N6O4S/c1-37(35,36)14-4-11-27-25(33)18-7-10-21-20(15-18)22-23(28-16-29-24(22)31-21)30-19-8-5-17(6-9-19)26(34)32-12-2-3-13-32/h5-6,8-9,16,18H,2-4,7,10-15H2,1H3,(H,27,33)(H2,28,29,30,31). The number of carbonyl (C=O) groups is 2. The van der Waals surface area contributed by atoms with Crippen molar-refractivity contribution in [3.8, 4) is 0 Å². The normalized spacial score (nSPS) is 17.5. The van der Waals surface area contributed by atoms with Gasteiger partial charge in [-0.2, -0.15) is 0 Å². The third-order valence-electron chi connectivity index (χ3n) is 7.13. The zero-order chi connectivity index (χ0) is 26.0. The van der Waals surface area contributed by atoms with E-state index in [9.17, 15) is 18.0 Å². The second kappa shape index (κ2) is 10.5. The van der Waals surface area contributed by atoms with Gasteiger partial charge >= 0.3 is 0 Å². The van der Waals surface area contributed by atoms with Gasteiger partial charge in [-0.05, 0) is 68.4 Å². The number of nitrogens with zero attached hydrogens (tertiary/aromatic N) is 3. The molecule has 5 rings (SSSR count). The number of benzene rings is 1. The number of aryl methyl sites for hydroxylation is 1. The monoisotopic (exact) mass is 524 g/mol. The number of aromatic amines is 1. The van der Waals surface area contributed by atoms with Gasteiger partial charge in [0.15, 0.2) is 0 Å². The Labute approximate surface area is 216 Å². The number of hydrogen-bond donors (Lipinski definition) is 3. The Kier molecular flexibility index (Phi) is 7.14. The molecule has 1 aromatic carbocycles. The quantitative estimate of drug-likeness (QED) is 0.385. The summed E-state index contributed by atoms with van der Waals surface area (Å²) in [6.45, 7) is 1.97. The highest BCUT2D eigenvalue weighted by Crippen LogP contribution is 2.35. The van der Waals surface area contributed by atoms with Crippen molar-refractivity contribution in [1.29, 1.82) is 0 Å². The summed E-state index contributed by atoms with van der Waals surface area (Å²) in [4.78, 5) is 39.6. The Morgan fingerprint density at radius 1 is 1.14 bits per heavy atom. The molecule has 2 amide bonds. The highest BCUT2D eigenvalue weighted by Gasteiger charge is 2.29. The van der Waals surface area contributed by atoms with Gasteiger partial charge in [0.05, 0.1) is 11.1 Å². The van der Waals surface area contributed by atoms with E-state index in [1.54, 1.807) is 0 Å². The van der Waals surface area contributed by atoms with Crippen LogP contribution in [0, 0.1) is 5.92 Å². The van der Waals surface area contributed by atoms with Crippen LogP contribution in [0.25, 0.3) is 11.0 Å². The zero-order valence-electron chi connectivity index (χ0n) is 20.9. The van der Waals surface area contributed by atoms with Crippen molar-refractivity contribution >= 4 is 44.2 Å². The first-order valence-electron chi connectivity index (χ1n) is 12.7. The highest BCUT2D eigenvalue weighted by molar-refractivity contribution is 7.90. The van der Waals surface area contributed by atoms with E-state index in [4.69, 9.17) is 0 Å². The fourth-order valence-corrected chi connectivity index (χ4v) is 5.85. The third-order valence-corrected chi connectivity index (χ3v) is 8.16. The molecule has 0 radical (unpaired) electrons. The van der Waals surface area contributed by atoms with Gasteiger partial charge in [0.2, 0.25) is 5.91 Å². The maximum atomic E-state index is 12.8. The first kappa shape index (κ1) is 25.2. The summed E-state index contributed by atoms with van der Waals surface area (Å²) in [6.07, 6.45) is 7.21. The topological polar surface area (TPSA) is 137 Å². The molecule has 10 nitrogen and oxygen atoms in total. The van der Waals surface area contributed by atoms with Crippen LogP contribution in [0.4, 0.5) is 11.5 Å². The Morgan fingerprint density at radius 3 is 2.62 bits per heavy atom. The smallest absolute Gasteiger partial charge is 0.253 e. The Morgan fingerprint density at radius 2 is 1.89 bits per heavy atom. The lowest BCUT2D eigenvalue weighted by Crippen LogP contribution is -2.35. The van der Waals surface area contributed by atoms with E-state index in [-0.39, 0.29) is 23.5 Å². The molecule has 1 unspecified atom stereocenters. The summed E-state index contributed by atoms with van der Waals surface area (Å²) in [7, 11) is -3.04. The van der Waals surface area contributed by atoms with Crippen molar-refractivity contribution < 1.29 is 18.0 Å². The molecule has 11 heteroatoms. The first-order valence-corrected chi connectivity index (χ1v) is 14.8. The van der Waals surface area contributed by atoms with E-state index in [0.29, 0.717) is 37.2 Å². The van der Waals surface area contributed by atoms with E-state index >= 15 is 0 Å². The molecule has 1 saturated heterocycles. The highest BCUT2D eigenvalue weighted by atomic mass is 32.2. The van der Waals surface area contributed by atoms with Crippen LogP contribution in [0.5, 0.6) is 0 Å². The maximum absolute atomic E-state index is 12.8. The average Bonchev–Trinajstić information content (AvgIpc) is 3.54. The number of aromatic nitrogens is 3. The molecule has 0 bridgehead atoms. The van der Waals surface area contributed by atoms with Crippen LogP contribution in [-0.4, -0.2) is 71.7 Å². The Hall–Kier alpha value is -3.47. The lowest BCUT2D eigenvalue weighted by atomic mass is 9.86. The fraction of sp³-hybridized carbons (Fsp3) is 0.462. The molecule has 3 heterocycles. The number of fused-ring (bicyclic) bond motifs is 3. The molecule has 3 aromatic rings. The van der Waals surface area contributed by atoms with E-state index in [2.05, 4.69) is 25.6 Å². The van der Waals surface area contributed by atoms with Crippen LogP contribution in [0.3, 0.4) is 0 Å². The Bertz CT molecular complexity index is 1410. The van der Waals surface area contributed by atoms with Gasteiger partial charge in [0.1, 0.15) is 27.6 Å². The van der Waals surface area contributed by atoms with E-state index < -0.39 is 9.84 Å². The van der Waals surface area contributed by atoms with Crippen LogP contribution in [-0.2, 0) is 27.5 Å². The lowest BCUT2D eigenvalue weighted by molar-refractivity contribution is -0.125. The molecule has 1 aliphatic heterocycles. The van der Waals surface area contributed by atoms with Crippen molar-refractivity contribution in [3.05, 3.63) is 47.4 Å². The van der Waals surface area contributed by atoms with Crippen LogP contribution in [0.2, 0.25) is 0 Å². The maximum Gasteiger partial charge on any atom is 0.253 e. The van der Waals surface area contributed by atoms with Crippen molar-refractivity contribution in [2.75, 3.05) is 37.0 Å². The number of anilines is 2. The second-order valence-electron chi connectivity index (χ2n) is 9.94. The molecule has 1 atom stereocenters. The van der Waals surface area contributed by atoms with Gasteiger partial charge in [-0.3, -0.25) is 9.59 Å². The van der Waals surface area contributed by atoms with Crippen molar-refractivity contribution in [1.82, 2.24) is 25.2 Å². The van der Waals surface area contributed by atoms with Gasteiger partial charge in [0.25, 0.3) is 5.91 Å². The predicted octanol–water partition coefficient (Wildman–Crippen LogP) is 2.59. The van der Waals surface area contributed by atoms with Gasteiger partial charge in [-0.1, -0.05) is 0 Å². The first-order chi connectivity index (χ1) is 17.8. The summed E-state index contributed by atoms with van der Waals surface area (Å²) in [6, 6.07) is 7.42. The molecule has 0 spiro atoms. The number of hydrogen-bond acceptors (Lipinski definition) is 7. The number of amides is 2. The number of sulfone groups is 1. The minimum Gasteiger partial charge on any atom is -0.356 e. The van der Waals surface area contributed by atoms with Crippen LogP contribution < -0.4 is 10.6 Å². The summed E-state index contributed by atoms with van der Waals surface area (Å²) in [5.74, 6) is 0.514. The second-order valence-corrected chi connectivity index (χ2v) is 12.2. The van der Waals surface area contributed by atoms with E-state index in [0.717, 1.165) is 60.3 Å². The van der Waals surface area contributed by atoms with Gasteiger partial charge < -0.3 is 20.5 Å². The average molecular weight is 525 g/mol. The molecule has 2 aromatic heterocycles. The van der Waals surface area contributed by atoms with Crippen molar-refractivity contribution in [3.63, 3.8) is 0 Å². The fourth-order valence-electron chi connectivity index (χ4n) is 5.19. The summed E-state index contributed by atoms with van der Waals surface area (Å²) < 4.78 is 22.6. The molecule has 1 aliphatic carbocycles. The largest absolute Gasteiger partial charge is 0.356 e. The Balaban J connectivity index is 1.29. The zero-order valence-corrected chi connectivity index (χ0v) is 21.7. The predicted molar refractivity (Wildman–Crippen MR) is 142 cm³/mol. The molecule has 2 aliphatic rings. The summed E-state index contributed by atoms with van der Waals surface area (Å²) in [5.41, 5.74) is 4.29. The third kappa shape index (κ3) is 5.76. The van der Waals surface area contributed by atoms with Crippen molar-refractivity contribution in [2.24, 2.45) is 5.92 Å². The summed E-state index contributed by atoms with van der Waals surface area (Å²) >= 11 is 0. The van der Waals surface area contributed by atoms with Crippen LogP contribution in [0.15, 0.2) is 30.6 Å². The molecular weight excluding hydrogens is 492 g/mol. The molecule has 1 fully saturated rings. The van der Waals surface area contributed by atoms with Gasteiger partial charge in [0, 0.05) is 48.8 Å².